The number of aromatic amines is 1. The van der Waals surface area contributed by atoms with Crippen molar-refractivity contribution in [2.24, 2.45) is 0 Å². The average molecular weight is 338 g/mol. The molecule has 0 saturated carbocycles. The van der Waals surface area contributed by atoms with Crippen molar-refractivity contribution in [1.29, 1.82) is 0 Å². The summed E-state index contributed by atoms with van der Waals surface area (Å²) in [6, 6.07) is 14.7. The molecule has 2 aromatic heterocycles. The highest BCUT2D eigenvalue weighted by Crippen LogP contribution is 2.35. The SMILES string of the molecule is CC(Sc1n[nH]c(-c2ccccc2O)n1)c1nc2ccccc2o1. The van der Waals surface area contributed by atoms with Gasteiger partial charge in [-0.1, -0.05) is 36.0 Å². The van der Waals surface area contributed by atoms with Gasteiger partial charge in [-0.15, -0.1) is 5.10 Å². The van der Waals surface area contributed by atoms with Crippen LogP contribution in [0.4, 0.5) is 0 Å². The Bertz CT molecular complexity index is 962. The summed E-state index contributed by atoms with van der Waals surface area (Å²) in [4.78, 5) is 8.92. The molecule has 0 amide bonds. The Morgan fingerprint density at radius 3 is 2.71 bits per heavy atom. The fraction of sp³-hybridized carbons (Fsp3) is 0.118. The number of rotatable bonds is 4. The van der Waals surface area contributed by atoms with Gasteiger partial charge in [-0.3, -0.25) is 5.10 Å². The summed E-state index contributed by atoms with van der Waals surface area (Å²) in [6.07, 6.45) is 0. The van der Waals surface area contributed by atoms with Gasteiger partial charge in [0.05, 0.1) is 10.8 Å². The highest BCUT2D eigenvalue weighted by Gasteiger charge is 2.18. The van der Waals surface area contributed by atoms with E-state index >= 15 is 0 Å². The van der Waals surface area contributed by atoms with Gasteiger partial charge >= 0.3 is 0 Å². The van der Waals surface area contributed by atoms with Gasteiger partial charge < -0.3 is 9.52 Å². The molecular weight excluding hydrogens is 324 g/mol. The topological polar surface area (TPSA) is 87.8 Å². The molecule has 1 unspecified atom stereocenters. The summed E-state index contributed by atoms with van der Waals surface area (Å²) < 4.78 is 5.77. The smallest absolute Gasteiger partial charge is 0.209 e. The first-order valence-corrected chi connectivity index (χ1v) is 8.31. The third kappa shape index (κ3) is 2.74. The minimum Gasteiger partial charge on any atom is -0.507 e. The van der Waals surface area contributed by atoms with Crippen LogP contribution < -0.4 is 0 Å². The second kappa shape index (κ2) is 6.01. The second-order valence-corrected chi connectivity index (χ2v) is 6.57. The number of H-pyrrole nitrogens is 1. The van der Waals surface area contributed by atoms with E-state index in [0.29, 0.717) is 22.4 Å². The number of phenolic OH excluding ortho intramolecular Hbond substituents is 1. The molecule has 2 aromatic carbocycles. The van der Waals surface area contributed by atoms with E-state index in [1.54, 1.807) is 18.2 Å². The molecule has 120 valence electrons. The maximum atomic E-state index is 9.89. The van der Waals surface area contributed by atoms with Crippen molar-refractivity contribution in [3.8, 4) is 17.1 Å². The maximum Gasteiger partial charge on any atom is 0.209 e. The van der Waals surface area contributed by atoms with Gasteiger partial charge in [-0.05, 0) is 31.2 Å². The number of benzene rings is 2. The molecule has 6 nitrogen and oxygen atoms in total. The Kier molecular flexibility index (Phi) is 3.70. The Hall–Kier alpha value is -2.80. The molecule has 0 aliphatic heterocycles. The molecule has 0 spiro atoms. The van der Waals surface area contributed by atoms with Gasteiger partial charge in [0.2, 0.25) is 11.0 Å². The number of phenols is 1. The van der Waals surface area contributed by atoms with E-state index in [9.17, 15) is 5.11 Å². The Morgan fingerprint density at radius 1 is 1.08 bits per heavy atom. The van der Waals surface area contributed by atoms with Crippen LogP contribution in [0.15, 0.2) is 58.1 Å². The number of fused-ring (bicyclic) bond motifs is 1. The fourth-order valence-corrected chi connectivity index (χ4v) is 3.13. The van der Waals surface area contributed by atoms with E-state index in [1.165, 1.54) is 11.8 Å². The number of hydrogen-bond donors (Lipinski definition) is 2. The predicted octanol–water partition coefficient (Wildman–Crippen LogP) is 4.17. The summed E-state index contributed by atoms with van der Waals surface area (Å²) in [5, 5.41) is 17.5. The third-order valence-corrected chi connectivity index (χ3v) is 4.51. The number of aromatic nitrogens is 4. The van der Waals surface area contributed by atoms with Crippen LogP contribution in [0, 0.1) is 0 Å². The maximum absolute atomic E-state index is 9.89. The quantitative estimate of drug-likeness (QED) is 0.543. The van der Waals surface area contributed by atoms with Crippen molar-refractivity contribution in [2.75, 3.05) is 0 Å². The zero-order chi connectivity index (χ0) is 16.5. The van der Waals surface area contributed by atoms with Crippen molar-refractivity contribution in [2.45, 2.75) is 17.3 Å². The molecule has 0 saturated heterocycles. The van der Waals surface area contributed by atoms with E-state index in [0.717, 1.165) is 11.1 Å². The van der Waals surface area contributed by atoms with Crippen molar-refractivity contribution < 1.29 is 9.52 Å². The first-order valence-electron chi connectivity index (χ1n) is 7.43. The number of oxazole rings is 1. The number of nitrogens with one attached hydrogen (secondary N) is 1. The molecule has 0 aliphatic rings. The van der Waals surface area contributed by atoms with Crippen molar-refractivity contribution in [3.63, 3.8) is 0 Å². The van der Waals surface area contributed by atoms with Crippen LogP contribution in [0.3, 0.4) is 0 Å². The lowest BCUT2D eigenvalue weighted by Gasteiger charge is -2.02. The van der Waals surface area contributed by atoms with E-state index in [-0.39, 0.29) is 11.0 Å². The Labute approximate surface area is 142 Å². The molecule has 4 aromatic rings. The van der Waals surface area contributed by atoms with Gasteiger partial charge in [0.15, 0.2) is 11.4 Å². The minimum atomic E-state index is -0.0366. The van der Waals surface area contributed by atoms with Gasteiger partial charge in [0, 0.05) is 0 Å². The van der Waals surface area contributed by atoms with Gasteiger partial charge in [0.25, 0.3) is 0 Å². The number of hydrogen-bond acceptors (Lipinski definition) is 6. The van der Waals surface area contributed by atoms with Crippen LogP contribution in [0.1, 0.15) is 18.1 Å². The van der Waals surface area contributed by atoms with Crippen molar-refractivity contribution >= 4 is 22.9 Å². The molecule has 24 heavy (non-hydrogen) atoms. The van der Waals surface area contributed by atoms with Crippen molar-refractivity contribution in [3.05, 3.63) is 54.4 Å². The normalized spacial score (nSPS) is 12.5. The monoisotopic (exact) mass is 338 g/mol. The number of thioether (sulfide) groups is 1. The minimum absolute atomic E-state index is 0.0366. The van der Waals surface area contributed by atoms with Crippen LogP contribution in [-0.2, 0) is 0 Å². The molecule has 1 atom stereocenters. The lowest BCUT2D eigenvalue weighted by Crippen LogP contribution is -1.89. The van der Waals surface area contributed by atoms with Crippen LogP contribution in [0.25, 0.3) is 22.5 Å². The van der Waals surface area contributed by atoms with Crippen LogP contribution in [0.2, 0.25) is 0 Å². The predicted molar refractivity (Wildman–Crippen MR) is 91.8 cm³/mol. The highest BCUT2D eigenvalue weighted by molar-refractivity contribution is 7.99. The number of aromatic hydroxyl groups is 1. The van der Waals surface area contributed by atoms with E-state index in [4.69, 9.17) is 4.42 Å². The molecule has 2 heterocycles. The molecule has 0 bridgehead atoms. The van der Waals surface area contributed by atoms with E-state index < -0.39 is 0 Å². The molecule has 4 rings (SSSR count). The summed E-state index contributed by atoms with van der Waals surface area (Å²) in [7, 11) is 0. The summed E-state index contributed by atoms with van der Waals surface area (Å²) in [5.74, 6) is 1.33. The third-order valence-electron chi connectivity index (χ3n) is 3.56. The first kappa shape index (κ1) is 14.8. The molecule has 2 N–H and O–H groups in total. The largest absolute Gasteiger partial charge is 0.507 e. The number of para-hydroxylation sites is 3. The number of nitrogens with zero attached hydrogens (tertiary/aromatic N) is 3. The van der Waals surface area contributed by atoms with Gasteiger partial charge in [0.1, 0.15) is 11.3 Å². The highest BCUT2D eigenvalue weighted by atomic mass is 32.2. The molecular formula is C17H14N4O2S. The van der Waals surface area contributed by atoms with E-state index in [1.807, 2.05) is 37.3 Å². The summed E-state index contributed by atoms with van der Waals surface area (Å²) in [6.45, 7) is 1.99. The lowest BCUT2D eigenvalue weighted by molar-refractivity contribution is 0.477. The average Bonchev–Trinajstić information content (AvgIpc) is 3.22. The van der Waals surface area contributed by atoms with Crippen LogP contribution in [0.5, 0.6) is 5.75 Å². The molecule has 0 fully saturated rings. The zero-order valence-electron chi connectivity index (χ0n) is 12.8. The van der Waals surface area contributed by atoms with Gasteiger partial charge in [-0.2, -0.15) is 0 Å². The lowest BCUT2D eigenvalue weighted by atomic mass is 10.2. The van der Waals surface area contributed by atoms with Crippen LogP contribution >= 0.6 is 11.8 Å². The van der Waals surface area contributed by atoms with Crippen LogP contribution in [-0.4, -0.2) is 25.3 Å². The summed E-state index contributed by atoms with van der Waals surface area (Å²) in [5.41, 5.74) is 2.22. The fourth-order valence-electron chi connectivity index (χ4n) is 2.37. The van der Waals surface area contributed by atoms with Gasteiger partial charge in [-0.25, -0.2) is 9.97 Å². The molecule has 0 radical (unpaired) electrons. The first-order chi connectivity index (χ1) is 11.7. The second-order valence-electron chi connectivity index (χ2n) is 5.26. The summed E-state index contributed by atoms with van der Waals surface area (Å²) >= 11 is 1.44. The zero-order valence-corrected chi connectivity index (χ0v) is 13.6. The Balaban J connectivity index is 1.56. The molecule has 7 heteroatoms. The Morgan fingerprint density at radius 2 is 1.88 bits per heavy atom. The van der Waals surface area contributed by atoms with E-state index in [2.05, 4.69) is 20.2 Å². The van der Waals surface area contributed by atoms with Crippen molar-refractivity contribution in [1.82, 2.24) is 20.2 Å². The standard InChI is InChI=1S/C17H14N4O2S/c1-10(16-18-12-7-3-5-9-14(12)23-16)24-17-19-15(20-21-17)11-6-2-4-8-13(11)22/h2-10,22H,1H3,(H,19,20,21). The molecule has 0 aliphatic carbocycles.